The molecular formula is C19H23NO3. The molecule has 2 aromatic rings. The third-order valence-corrected chi connectivity index (χ3v) is 3.43. The van der Waals surface area contributed by atoms with E-state index < -0.39 is 6.10 Å². The summed E-state index contributed by atoms with van der Waals surface area (Å²) in [5.41, 5.74) is 2.80. The van der Waals surface area contributed by atoms with Crippen LogP contribution in [-0.2, 0) is 4.79 Å². The summed E-state index contributed by atoms with van der Waals surface area (Å²) in [4.78, 5) is 12.3. The topological polar surface area (TPSA) is 47.6 Å². The van der Waals surface area contributed by atoms with Crippen LogP contribution in [0.15, 0.2) is 42.5 Å². The fraction of sp³-hybridized carbons (Fsp3) is 0.316. The van der Waals surface area contributed by atoms with Crippen molar-refractivity contribution in [3.63, 3.8) is 0 Å². The Morgan fingerprint density at radius 2 is 1.96 bits per heavy atom. The smallest absolute Gasteiger partial charge is 0.265 e. The summed E-state index contributed by atoms with van der Waals surface area (Å²) in [6.07, 6.45) is -0.591. The second kappa shape index (κ2) is 7.68. The van der Waals surface area contributed by atoms with E-state index in [4.69, 9.17) is 9.47 Å². The molecule has 0 aliphatic carbocycles. The van der Waals surface area contributed by atoms with Gasteiger partial charge in [0.25, 0.3) is 5.91 Å². The van der Waals surface area contributed by atoms with E-state index in [-0.39, 0.29) is 5.91 Å². The molecule has 1 amide bonds. The maximum absolute atomic E-state index is 12.3. The first-order valence-corrected chi connectivity index (χ1v) is 7.77. The Labute approximate surface area is 137 Å². The summed E-state index contributed by atoms with van der Waals surface area (Å²) >= 11 is 0. The van der Waals surface area contributed by atoms with Crippen LogP contribution in [0.1, 0.15) is 25.0 Å². The second-order valence-electron chi connectivity index (χ2n) is 5.48. The van der Waals surface area contributed by atoms with Crippen molar-refractivity contribution < 1.29 is 14.3 Å². The number of hydrogen-bond acceptors (Lipinski definition) is 3. The van der Waals surface area contributed by atoms with Gasteiger partial charge in [-0.05, 0) is 57.0 Å². The van der Waals surface area contributed by atoms with Crippen LogP contribution in [0.3, 0.4) is 0 Å². The van der Waals surface area contributed by atoms with Crippen LogP contribution in [0.4, 0.5) is 5.69 Å². The van der Waals surface area contributed by atoms with Gasteiger partial charge in [0.2, 0.25) is 0 Å². The molecule has 0 radical (unpaired) electrons. The Hall–Kier alpha value is -2.49. The fourth-order valence-electron chi connectivity index (χ4n) is 2.15. The van der Waals surface area contributed by atoms with E-state index in [2.05, 4.69) is 5.32 Å². The van der Waals surface area contributed by atoms with Crippen molar-refractivity contribution >= 4 is 11.6 Å². The van der Waals surface area contributed by atoms with Crippen LogP contribution < -0.4 is 14.8 Å². The molecule has 2 rings (SSSR count). The van der Waals surface area contributed by atoms with Gasteiger partial charge in [-0.2, -0.15) is 0 Å². The number of aryl methyl sites for hydroxylation is 2. The van der Waals surface area contributed by atoms with E-state index in [1.165, 1.54) is 0 Å². The van der Waals surface area contributed by atoms with Crippen molar-refractivity contribution in [2.24, 2.45) is 0 Å². The summed E-state index contributed by atoms with van der Waals surface area (Å²) in [5.74, 6) is 1.27. The molecular weight excluding hydrogens is 290 g/mol. The number of ether oxygens (including phenoxy) is 2. The third-order valence-electron chi connectivity index (χ3n) is 3.43. The molecule has 0 aliphatic rings. The zero-order valence-electron chi connectivity index (χ0n) is 14.1. The van der Waals surface area contributed by atoms with Crippen LogP contribution in [-0.4, -0.2) is 18.6 Å². The van der Waals surface area contributed by atoms with Gasteiger partial charge in [-0.1, -0.05) is 18.2 Å². The van der Waals surface area contributed by atoms with Gasteiger partial charge >= 0.3 is 0 Å². The van der Waals surface area contributed by atoms with Gasteiger partial charge in [-0.3, -0.25) is 4.79 Å². The van der Waals surface area contributed by atoms with Crippen LogP contribution in [0, 0.1) is 13.8 Å². The van der Waals surface area contributed by atoms with Crippen molar-refractivity contribution in [1.82, 2.24) is 0 Å². The average molecular weight is 313 g/mol. The van der Waals surface area contributed by atoms with Crippen molar-refractivity contribution in [1.29, 1.82) is 0 Å². The van der Waals surface area contributed by atoms with Crippen LogP contribution in [0.5, 0.6) is 11.5 Å². The lowest BCUT2D eigenvalue weighted by Gasteiger charge is -2.17. The predicted octanol–water partition coefficient (Wildman–Crippen LogP) is 4.11. The van der Waals surface area contributed by atoms with Gasteiger partial charge in [0.15, 0.2) is 6.10 Å². The third kappa shape index (κ3) is 4.74. The van der Waals surface area contributed by atoms with Crippen LogP contribution >= 0.6 is 0 Å². The molecule has 0 aromatic heterocycles. The quantitative estimate of drug-likeness (QED) is 0.873. The van der Waals surface area contributed by atoms with Gasteiger partial charge in [0.05, 0.1) is 6.61 Å². The molecule has 1 atom stereocenters. The Bertz CT molecular complexity index is 682. The molecule has 122 valence electrons. The number of benzene rings is 2. The Morgan fingerprint density at radius 1 is 1.17 bits per heavy atom. The molecule has 0 bridgehead atoms. The highest BCUT2D eigenvalue weighted by atomic mass is 16.5. The number of rotatable bonds is 6. The minimum Gasteiger partial charge on any atom is -0.494 e. The summed E-state index contributed by atoms with van der Waals surface area (Å²) in [6.45, 7) is 8.21. The van der Waals surface area contributed by atoms with Crippen LogP contribution in [0.25, 0.3) is 0 Å². The van der Waals surface area contributed by atoms with Crippen molar-refractivity contribution in [3.05, 3.63) is 53.6 Å². The minimum atomic E-state index is -0.591. The summed E-state index contributed by atoms with van der Waals surface area (Å²) < 4.78 is 11.2. The second-order valence-corrected chi connectivity index (χ2v) is 5.48. The van der Waals surface area contributed by atoms with Crippen molar-refractivity contribution in [2.45, 2.75) is 33.8 Å². The molecule has 0 spiro atoms. The average Bonchev–Trinajstić information content (AvgIpc) is 2.51. The number of hydrogen-bond donors (Lipinski definition) is 1. The molecule has 1 N–H and O–H groups in total. The highest BCUT2D eigenvalue weighted by Crippen LogP contribution is 2.21. The molecule has 1 unspecified atom stereocenters. The fourth-order valence-corrected chi connectivity index (χ4v) is 2.15. The summed E-state index contributed by atoms with van der Waals surface area (Å²) in [6, 6.07) is 13.3. The largest absolute Gasteiger partial charge is 0.494 e. The van der Waals surface area contributed by atoms with E-state index in [1.54, 1.807) is 13.0 Å². The maximum atomic E-state index is 12.3. The van der Waals surface area contributed by atoms with E-state index in [1.807, 2.05) is 57.2 Å². The summed E-state index contributed by atoms with van der Waals surface area (Å²) in [7, 11) is 0. The standard InChI is InChI=1S/C19H23NO3/c1-5-22-17-8-6-7-16(12-17)20-19(21)15(4)23-18-11-13(2)9-10-14(18)3/h6-12,15H,5H2,1-4H3,(H,20,21). The number of carbonyl (C=O) groups is 1. The Balaban J connectivity index is 2.02. The number of carbonyl (C=O) groups excluding carboxylic acids is 1. The molecule has 0 saturated heterocycles. The first kappa shape index (κ1) is 16.9. The molecule has 2 aromatic carbocycles. The Morgan fingerprint density at radius 3 is 2.70 bits per heavy atom. The normalized spacial score (nSPS) is 11.7. The molecule has 4 nitrogen and oxygen atoms in total. The van der Waals surface area contributed by atoms with Crippen molar-refractivity contribution in [2.75, 3.05) is 11.9 Å². The van der Waals surface area contributed by atoms with Crippen LogP contribution in [0.2, 0.25) is 0 Å². The number of nitrogens with one attached hydrogen (secondary N) is 1. The zero-order valence-corrected chi connectivity index (χ0v) is 14.1. The Kier molecular flexibility index (Phi) is 5.63. The molecule has 23 heavy (non-hydrogen) atoms. The summed E-state index contributed by atoms with van der Waals surface area (Å²) in [5, 5.41) is 2.85. The SMILES string of the molecule is CCOc1cccc(NC(=O)C(C)Oc2cc(C)ccc2C)c1. The first-order chi connectivity index (χ1) is 11.0. The number of amides is 1. The monoisotopic (exact) mass is 313 g/mol. The molecule has 0 saturated carbocycles. The van der Waals surface area contributed by atoms with E-state index in [0.717, 1.165) is 22.6 Å². The van der Waals surface area contributed by atoms with Gasteiger partial charge in [0, 0.05) is 11.8 Å². The minimum absolute atomic E-state index is 0.195. The molecule has 4 heteroatoms. The first-order valence-electron chi connectivity index (χ1n) is 7.77. The lowest BCUT2D eigenvalue weighted by molar-refractivity contribution is -0.122. The van der Waals surface area contributed by atoms with Gasteiger partial charge < -0.3 is 14.8 Å². The number of anilines is 1. The zero-order chi connectivity index (χ0) is 16.8. The highest BCUT2D eigenvalue weighted by Gasteiger charge is 2.16. The van der Waals surface area contributed by atoms with Gasteiger partial charge in [0.1, 0.15) is 11.5 Å². The van der Waals surface area contributed by atoms with Gasteiger partial charge in [-0.25, -0.2) is 0 Å². The lowest BCUT2D eigenvalue weighted by Crippen LogP contribution is -2.30. The molecule has 0 fully saturated rings. The van der Waals surface area contributed by atoms with E-state index >= 15 is 0 Å². The van der Waals surface area contributed by atoms with E-state index in [9.17, 15) is 4.79 Å². The lowest BCUT2D eigenvalue weighted by atomic mass is 10.1. The predicted molar refractivity (Wildman–Crippen MR) is 92.2 cm³/mol. The maximum Gasteiger partial charge on any atom is 0.265 e. The highest BCUT2D eigenvalue weighted by molar-refractivity contribution is 5.94. The van der Waals surface area contributed by atoms with E-state index in [0.29, 0.717) is 12.3 Å². The van der Waals surface area contributed by atoms with Crippen molar-refractivity contribution in [3.8, 4) is 11.5 Å². The molecule has 0 aliphatic heterocycles. The molecule has 0 heterocycles. The van der Waals surface area contributed by atoms with Gasteiger partial charge in [-0.15, -0.1) is 0 Å².